The van der Waals surface area contributed by atoms with Crippen LogP contribution < -0.4 is 14.4 Å². The molecule has 12 heteroatoms. The first-order chi connectivity index (χ1) is 19.9. The lowest BCUT2D eigenvalue weighted by molar-refractivity contribution is -0.140. The third kappa shape index (κ3) is 3.54. The number of methoxy groups -OCH3 is 2. The fraction of sp³-hybridized carbons (Fsp3) is 0.400. The summed E-state index contributed by atoms with van der Waals surface area (Å²) in [5, 5.41) is 10.6. The first-order valence-corrected chi connectivity index (χ1v) is 14.2. The van der Waals surface area contributed by atoms with Gasteiger partial charge in [0.25, 0.3) is 11.8 Å². The molecule has 9 nitrogen and oxygen atoms in total. The van der Waals surface area contributed by atoms with Gasteiger partial charge in [-0.3, -0.25) is 24.1 Å². The summed E-state index contributed by atoms with van der Waals surface area (Å²) in [7, 11) is 2.69. The Morgan fingerprint density at radius 3 is 2.17 bits per heavy atom. The van der Waals surface area contributed by atoms with Crippen molar-refractivity contribution in [2.24, 2.45) is 17.8 Å². The SMILES string of the molecule is CCN1C(=O)[C@H]2[C@H](CC=C3[C@H]2C[C@@]2(Cl)C(=O)N(c4ccc(F)cc4)C(=O)[C@@]2(Cl)[C@H]3c2cc(OC)c(O)c(OC)c2)C1=O. The maximum Gasteiger partial charge on any atom is 0.258 e. The van der Waals surface area contributed by atoms with Crippen LogP contribution in [0.1, 0.15) is 31.2 Å². The molecule has 2 aromatic carbocycles. The van der Waals surface area contributed by atoms with Crippen LogP contribution in [0.15, 0.2) is 48.0 Å². The van der Waals surface area contributed by atoms with E-state index in [1.165, 1.54) is 43.4 Å². The van der Waals surface area contributed by atoms with Crippen LogP contribution in [0.2, 0.25) is 0 Å². The molecule has 2 heterocycles. The van der Waals surface area contributed by atoms with Crippen LogP contribution in [0.25, 0.3) is 0 Å². The number of alkyl halides is 2. The molecule has 6 atom stereocenters. The van der Waals surface area contributed by atoms with Crippen LogP contribution in [0, 0.1) is 23.6 Å². The molecule has 1 saturated carbocycles. The molecule has 0 radical (unpaired) electrons. The summed E-state index contributed by atoms with van der Waals surface area (Å²) in [6, 6.07) is 7.76. The molecule has 0 bridgehead atoms. The van der Waals surface area contributed by atoms with Gasteiger partial charge in [0, 0.05) is 12.5 Å². The van der Waals surface area contributed by atoms with E-state index in [1.54, 1.807) is 6.92 Å². The molecule has 0 unspecified atom stereocenters. The molecular formula is C30H27Cl2FN2O7. The van der Waals surface area contributed by atoms with Crippen molar-refractivity contribution in [3.63, 3.8) is 0 Å². The smallest absolute Gasteiger partial charge is 0.258 e. The number of aromatic hydroxyl groups is 1. The first-order valence-electron chi connectivity index (χ1n) is 13.5. The topological polar surface area (TPSA) is 113 Å². The molecule has 2 aliphatic carbocycles. The fourth-order valence-electron chi connectivity index (χ4n) is 7.23. The molecular weight excluding hydrogens is 590 g/mol. The number of fused-ring (bicyclic) bond motifs is 4. The predicted molar refractivity (Wildman–Crippen MR) is 150 cm³/mol. The number of carbonyl (C=O) groups is 4. The van der Waals surface area contributed by atoms with Crippen LogP contribution in [0.3, 0.4) is 0 Å². The molecule has 0 aromatic heterocycles. The van der Waals surface area contributed by atoms with Crippen LogP contribution in [0.4, 0.5) is 10.1 Å². The Labute approximate surface area is 250 Å². The van der Waals surface area contributed by atoms with Crippen molar-refractivity contribution in [3.05, 3.63) is 59.4 Å². The summed E-state index contributed by atoms with van der Waals surface area (Å²) in [6.45, 7) is 1.91. The quantitative estimate of drug-likeness (QED) is 0.305. The van der Waals surface area contributed by atoms with E-state index < -0.39 is 51.1 Å². The zero-order chi connectivity index (χ0) is 30.3. The molecule has 2 aromatic rings. The minimum absolute atomic E-state index is 0.0256. The van der Waals surface area contributed by atoms with Gasteiger partial charge in [0.2, 0.25) is 17.6 Å². The van der Waals surface area contributed by atoms with Crippen LogP contribution >= 0.6 is 23.2 Å². The van der Waals surface area contributed by atoms with Gasteiger partial charge in [-0.1, -0.05) is 11.6 Å². The summed E-state index contributed by atoms with van der Waals surface area (Å²) in [5.74, 6) is -6.34. The maximum atomic E-state index is 14.4. The predicted octanol–water partition coefficient (Wildman–Crippen LogP) is 4.13. The standard InChI is InChI=1S/C30H27Cl2FN2O7/c1-4-34-25(37)18-10-9-17-19(22(18)26(34)38)13-29(31)27(39)35(16-7-5-15(33)6-8-16)28(40)30(29,32)23(17)14-11-20(41-2)24(36)21(12-14)42-3/h5-9,11-12,18-19,22-23,36H,4,10,13H2,1-3H3/t18-,19+,22-,23-,29+,30-/m0/s1. The number of nitrogens with zero attached hydrogens (tertiary/aromatic N) is 2. The Bertz CT molecular complexity index is 1550. The highest BCUT2D eigenvalue weighted by atomic mass is 35.5. The summed E-state index contributed by atoms with van der Waals surface area (Å²) < 4.78 is 24.5. The van der Waals surface area contributed by atoms with Gasteiger partial charge in [-0.25, -0.2) is 9.29 Å². The molecule has 1 N–H and O–H groups in total. The van der Waals surface area contributed by atoms with Crippen LogP contribution in [-0.4, -0.2) is 64.1 Å². The zero-order valence-corrected chi connectivity index (χ0v) is 24.4. The van der Waals surface area contributed by atoms with Gasteiger partial charge < -0.3 is 14.6 Å². The largest absolute Gasteiger partial charge is 0.502 e. The average Bonchev–Trinajstić information content (AvgIpc) is 3.31. The maximum absolute atomic E-state index is 14.4. The average molecular weight is 617 g/mol. The van der Waals surface area contributed by atoms with Crippen molar-refractivity contribution in [2.45, 2.75) is 35.4 Å². The molecule has 42 heavy (non-hydrogen) atoms. The highest BCUT2D eigenvalue weighted by Crippen LogP contribution is 2.66. The second-order valence-corrected chi connectivity index (χ2v) is 12.2. The Balaban J connectivity index is 1.60. The van der Waals surface area contributed by atoms with Crippen LogP contribution in [-0.2, 0) is 19.2 Å². The Morgan fingerprint density at radius 2 is 1.60 bits per heavy atom. The second kappa shape index (κ2) is 9.70. The van der Waals surface area contributed by atoms with E-state index in [9.17, 15) is 28.7 Å². The number of hydrogen-bond donors (Lipinski definition) is 1. The van der Waals surface area contributed by atoms with Crippen molar-refractivity contribution in [1.29, 1.82) is 0 Å². The van der Waals surface area contributed by atoms with Crippen molar-refractivity contribution in [3.8, 4) is 17.2 Å². The van der Waals surface area contributed by atoms with E-state index >= 15 is 0 Å². The fourth-order valence-corrected chi connectivity index (χ4v) is 8.17. The normalized spacial score (nSPS) is 32.0. The summed E-state index contributed by atoms with van der Waals surface area (Å²) >= 11 is 14.6. The monoisotopic (exact) mass is 616 g/mol. The molecule has 2 aliphatic heterocycles. The van der Waals surface area contributed by atoms with E-state index in [0.717, 1.165) is 17.0 Å². The van der Waals surface area contributed by atoms with E-state index in [1.807, 2.05) is 6.08 Å². The molecule has 2 saturated heterocycles. The number of allylic oxidation sites excluding steroid dienone is 2. The Hall–Kier alpha value is -3.63. The first kappa shape index (κ1) is 28.5. The molecule has 0 spiro atoms. The number of hydrogen-bond acceptors (Lipinski definition) is 7. The van der Waals surface area contributed by atoms with Gasteiger partial charge in [-0.05, 0) is 67.6 Å². The number of carbonyl (C=O) groups excluding carboxylic acids is 4. The number of imide groups is 2. The van der Waals surface area contributed by atoms with E-state index in [0.29, 0.717) is 11.1 Å². The third-order valence-corrected chi connectivity index (χ3v) is 10.6. The number of amides is 4. The van der Waals surface area contributed by atoms with Gasteiger partial charge in [-0.2, -0.15) is 0 Å². The second-order valence-electron chi connectivity index (χ2n) is 10.9. The van der Waals surface area contributed by atoms with Gasteiger partial charge in [0.05, 0.1) is 31.7 Å². The minimum Gasteiger partial charge on any atom is -0.502 e. The number of halogens is 3. The molecule has 4 aliphatic rings. The lowest BCUT2D eigenvalue weighted by Gasteiger charge is -2.50. The lowest BCUT2D eigenvalue weighted by Crippen LogP contribution is -2.60. The number of phenolic OH excluding ortho intramolecular Hbond substituents is 1. The zero-order valence-electron chi connectivity index (χ0n) is 22.9. The number of anilines is 1. The summed E-state index contributed by atoms with van der Waals surface area (Å²) in [5.41, 5.74) is 1.01. The number of phenols is 1. The number of benzene rings is 2. The van der Waals surface area contributed by atoms with Crippen molar-refractivity contribution >= 4 is 52.5 Å². The van der Waals surface area contributed by atoms with Gasteiger partial charge in [0.15, 0.2) is 21.2 Å². The third-order valence-electron chi connectivity index (χ3n) is 9.14. The van der Waals surface area contributed by atoms with Crippen LogP contribution in [0.5, 0.6) is 17.2 Å². The summed E-state index contributed by atoms with van der Waals surface area (Å²) in [4.78, 5) is 53.2. The highest BCUT2D eigenvalue weighted by Gasteiger charge is 2.76. The van der Waals surface area contributed by atoms with E-state index in [2.05, 4.69) is 0 Å². The Kier molecular flexibility index (Phi) is 6.58. The molecule has 4 amide bonds. The number of ether oxygens (including phenoxy) is 2. The molecule has 220 valence electrons. The van der Waals surface area contributed by atoms with Gasteiger partial charge in [0.1, 0.15) is 5.82 Å². The number of rotatable bonds is 5. The van der Waals surface area contributed by atoms with Gasteiger partial charge in [-0.15, -0.1) is 23.2 Å². The molecule has 3 fully saturated rings. The lowest BCUT2D eigenvalue weighted by atomic mass is 9.56. The minimum atomic E-state index is -2.11. The van der Waals surface area contributed by atoms with Crippen molar-refractivity contribution < 1.29 is 38.1 Å². The van der Waals surface area contributed by atoms with E-state index in [-0.39, 0.29) is 54.1 Å². The summed E-state index contributed by atoms with van der Waals surface area (Å²) in [6.07, 6.45) is 1.85. The van der Waals surface area contributed by atoms with Crippen molar-refractivity contribution in [2.75, 3.05) is 25.7 Å². The van der Waals surface area contributed by atoms with Gasteiger partial charge >= 0.3 is 0 Å². The molecule has 6 rings (SSSR count). The Morgan fingerprint density at radius 1 is 0.976 bits per heavy atom. The highest BCUT2D eigenvalue weighted by molar-refractivity contribution is 6.58. The van der Waals surface area contributed by atoms with E-state index in [4.69, 9.17) is 32.7 Å². The number of likely N-dealkylation sites (tertiary alicyclic amines) is 1. The van der Waals surface area contributed by atoms with Crippen molar-refractivity contribution in [1.82, 2.24) is 4.90 Å².